The van der Waals surface area contributed by atoms with E-state index in [2.05, 4.69) is 6.92 Å². The molecule has 0 spiro atoms. The fourth-order valence-corrected chi connectivity index (χ4v) is 1.60. The van der Waals surface area contributed by atoms with Crippen LogP contribution in [0.4, 0.5) is 0 Å². The zero-order valence-electron chi connectivity index (χ0n) is 7.68. The number of ether oxygens (including phenoxy) is 1. The summed E-state index contributed by atoms with van der Waals surface area (Å²) in [6.07, 6.45) is 5.12. The van der Waals surface area contributed by atoms with Gasteiger partial charge in [-0.05, 0) is 31.6 Å². The van der Waals surface area contributed by atoms with Gasteiger partial charge in [0.15, 0.2) is 0 Å². The van der Waals surface area contributed by atoms with Gasteiger partial charge in [-0.25, -0.2) is 0 Å². The van der Waals surface area contributed by atoms with Crippen LogP contribution in [-0.4, -0.2) is 18.5 Å². The zero-order chi connectivity index (χ0) is 8.97. The van der Waals surface area contributed by atoms with Crippen molar-refractivity contribution in [2.75, 3.05) is 6.61 Å². The topological polar surface area (TPSA) is 59.1 Å². The van der Waals surface area contributed by atoms with Gasteiger partial charge in [-0.3, -0.25) is 5.41 Å². The Hall–Kier alpha value is -0.570. The van der Waals surface area contributed by atoms with Crippen molar-refractivity contribution in [2.24, 2.45) is 11.7 Å². The number of hydrogen-bond acceptors (Lipinski definition) is 2. The minimum Gasteiger partial charge on any atom is -0.386 e. The largest absolute Gasteiger partial charge is 0.386 e. The lowest BCUT2D eigenvalue weighted by Crippen LogP contribution is -2.26. The zero-order valence-corrected chi connectivity index (χ0v) is 7.68. The molecule has 70 valence electrons. The van der Waals surface area contributed by atoms with Crippen molar-refractivity contribution in [1.82, 2.24) is 0 Å². The van der Waals surface area contributed by atoms with E-state index < -0.39 is 0 Å². The van der Waals surface area contributed by atoms with Crippen molar-refractivity contribution < 1.29 is 4.74 Å². The van der Waals surface area contributed by atoms with Crippen molar-refractivity contribution >= 4 is 5.84 Å². The maximum absolute atomic E-state index is 7.01. The molecule has 12 heavy (non-hydrogen) atoms. The molecule has 3 nitrogen and oxygen atoms in total. The van der Waals surface area contributed by atoms with E-state index in [-0.39, 0.29) is 5.84 Å². The molecule has 1 aliphatic carbocycles. The lowest BCUT2D eigenvalue weighted by molar-refractivity contribution is 0.0420. The van der Waals surface area contributed by atoms with E-state index in [9.17, 15) is 0 Å². The first-order valence-electron chi connectivity index (χ1n) is 4.63. The number of rotatable bonds is 3. The first-order valence-corrected chi connectivity index (χ1v) is 4.63. The average Bonchev–Trinajstić information content (AvgIpc) is 2.03. The molecule has 0 atom stereocenters. The van der Waals surface area contributed by atoms with Crippen LogP contribution in [0.25, 0.3) is 0 Å². The average molecular weight is 170 g/mol. The highest BCUT2D eigenvalue weighted by Crippen LogP contribution is 2.25. The fourth-order valence-electron chi connectivity index (χ4n) is 1.60. The molecular weight excluding hydrogens is 152 g/mol. The summed E-state index contributed by atoms with van der Waals surface area (Å²) in [5.74, 6) is 0.982. The van der Waals surface area contributed by atoms with Gasteiger partial charge >= 0.3 is 0 Å². The molecule has 0 aromatic rings. The molecule has 1 aliphatic rings. The van der Waals surface area contributed by atoms with E-state index >= 15 is 0 Å². The molecular formula is C9H18N2O. The molecule has 0 aromatic carbocycles. The van der Waals surface area contributed by atoms with Gasteiger partial charge in [0.05, 0.1) is 6.10 Å². The van der Waals surface area contributed by atoms with Crippen molar-refractivity contribution in [2.45, 2.75) is 38.7 Å². The molecule has 0 unspecified atom stereocenters. The lowest BCUT2D eigenvalue weighted by Gasteiger charge is -2.25. The molecule has 0 aromatic heterocycles. The Bertz CT molecular complexity index is 151. The highest BCUT2D eigenvalue weighted by atomic mass is 16.5. The van der Waals surface area contributed by atoms with Crippen molar-refractivity contribution in [1.29, 1.82) is 5.41 Å². The van der Waals surface area contributed by atoms with E-state index in [1.807, 2.05) is 0 Å². The van der Waals surface area contributed by atoms with E-state index in [0.717, 1.165) is 18.8 Å². The van der Waals surface area contributed by atoms with E-state index in [1.54, 1.807) is 0 Å². The summed E-state index contributed by atoms with van der Waals surface area (Å²) >= 11 is 0. The Morgan fingerprint density at radius 2 is 2.00 bits per heavy atom. The van der Waals surface area contributed by atoms with Crippen LogP contribution in [0.2, 0.25) is 0 Å². The maximum atomic E-state index is 7.01. The van der Waals surface area contributed by atoms with Crippen LogP contribution >= 0.6 is 0 Å². The van der Waals surface area contributed by atoms with Crippen molar-refractivity contribution in [3.05, 3.63) is 0 Å². The first-order chi connectivity index (χ1) is 5.68. The van der Waals surface area contributed by atoms with Gasteiger partial charge in [-0.1, -0.05) is 6.92 Å². The van der Waals surface area contributed by atoms with Gasteiger partial charge < -0.3 is 10.5 Å². The molecule has 1 rings (SSSR count). The Morgan fingerprint density at radius 3 is 2.50 bits per heavy atom. The summed E-state index contributed by atoms with van der Waals surface area (Å²) in [6.45, 7) is 2.58. The monoisotopic (exact) mass is 170 g/mol. The Labute approximate surface area is 73.8 Å². The summed E-state index contributed by atoms with van der Waals surface area (Å²) in [6, 6.07) is 0. The number of nitrogens with one attached hydrogen (secondary N) is 1. The van der Waals surface area contributed by atoms with Crippen molar-refractivity contribution in [3.8, 4) is 0 Å². The van der Waals surface area contributed by atoms with Gasteiger partial charge in [0, 0.05) is 0 Å². The van der Waals surface area contributed by atoms with Gasteiger partial charge in [-0.2, -0.15) is 0 Å². The van der Waals surface area contributed by atoms with E-state index in [4.69, 9.17) is 15.9 Å². The van der Waals surface area contributed by atoms with Crippen LogP contribution < -0.4 is 5.73 Å². The summed E-state index contributed by atoms with van der Waals surface area (Å²) in [7, 11) is 0. The maximum Gasteiger partial charge on any atom is 0.117 e. The van der Waals surface area contributed by atoms with Crippen LogP contribution in [0, 0.1) is 11.3 Å². The van der Waals surface area contributed by atoms with E-state index in [0.29, 0.717) is 12.7 Å². The van der Waals surface area contributed by atoms with E-state index in [1.165, 1.54) is 12.8 Å². The molecule has 1 fully saturated rings. The third kappa shape index (κ3) is 3.22. The van der Waals surface area contributed by atoms with Crippen LogP contribution in [0.5, 0.6) is 0 Å². The molecule has 0 radical (unpaired) electrons. The quantitative estimate of drug-likeness (QED) is 0.498. The second kappa shape index (κ2) is 4.45. The number of nitrogens with two attached hydrogens (primary N) is 1. The molecule has 3 heteroatoms. The summed E-state index contributed by atoms with van der Waals surface area (Å²) in [4.78, 5) is 0. The Morgan fingerprint density at radius 1 is 1.42 bits per heavy atom. The lowest BCUT2D eigenvalue weighted by atomic mass is 9.89. The molecule has 0 saturated heterocycles. The Balaban J connectivity index is 2.13. The normalized spacial score (nSPS) is 30.1. The third-order valence-electron chi connectivity index (χ3n) is 2.44. The smallest absolute Gasteiger partial charge is 0.117 e. The predicted octanol–water partition coefficient (Wildman–Crippen LogP) is 1.52. The third-order valence-corrected chi connectivity index (χ3v) is 2.44. The number of hydrogen-bond donors (Lipinski definition) is 2. The van der Waals surface area contributed by atoms with Gasteiger partial charge in [0.2, 0.25) is 0 Å². The molecule has 3 N–H and O–H groups in total. The molecule has 1 saturated carbocycles. The Kier molecular flexibility index (Phi) is 3.53. The SMILES string of the molecule is CC1CCC(OCC(=N)N)CC1. The first kappa shape index (κ1) is 9.52. The second-order valence-electron chi connectivity index (χ2n) is 3.72. The molecule has 0 amide bonds. The summed E-state index contributed by atoms with van der Waals surface area (Å²) in [5.41, 5.74) is 5.20. The van der Waals surface area contributed by atoms with Gasteiger partial charge in [-0.15, -0.1) is 0 Å². The highest BCUT2D eigenvalue weighted by Gasteiger charge is 2.18. The summed E-state index contributed by atoms with van der Waals surface area (Å²) < 4.78 is 5.44. The molecule has 0 aliphatic heterocycles. The minimum atomic E-state index is 0.133. The molecule has 0 heterocycles. The van der Waals surface area contributed by atoms with Gasteiger partial charge in [0.25, 0.3) is 0 Å². The standard InChI is InChI=1S/C9H18N2O/c1-7-2-4-8(5-3-7)12-6-9(10)11/h7-8H,2-6H2,1H3,(H3,10,11). The fraction of sp³-hybridized carbons (Fsp3) is 0.889. The molecule has 0 bridgehead atoms. The summed E-state index contributed by atoms with van der Waals surface area (Å²) in [5, 5.41) is 7.01. The van der Waals surface area contributed by atoms with Gasteiger partial charge in [0.1, 0.15) is 12.4 Å². The van der Waals surface area contributed by atoms with Crippen molar-refractivity contribution in [3.63, 3.8) is 0 Å². The van der Waals surface area contributed by atoms with Crippen LogP contribution in [0.3, 0.4) is 0 Å². The van der Waals surface area contributed by atoms with Crippen LogP contribution in [0.1, 0.15) is 32.6 Å². The highest BCUT2D eigenvalue weighted by molar-refractivity contribution is 5.78. The minimum absolute atomic E-state index is 0.133. The van der Waals surface area contributed by atoms with Crippen LogP contribution in [0.15, 0.2) is 0 Å². The second-order valence-corrected chi connectivity index (χ2v) is 3.72. The number of amidine groups is 1. The predicted molar refractivity (Wildman–Crippen MR) is 49.3 cm³/mol. The van der Waals surface area contributed by atoms with Crippen LogP contribution in [-0.2, 0) is 4.74 Å².